The fourth-order valence-corrected chi connectivity index (χ4v) is 2.75. The Kier molecular flexibility index (Phi) is 4.34. The van der Waals surface area contributed by atoms with Gasteiger partial charge in [-0.2, -0.15) is 0 Å². The number of aromatic nitrogens is 3. The van der Waals surface area contributed by atoms with Crippen molar-refractivity contribution in [1.29, 1.82) is 0 Å². The first-order valence-corrected chi connectivity index (χ1v) is 7.69. The first kappa shape index (κ1) is 15.6. The Morgan fingerprint density at radius 2 is 2.00 bits per heavy atom. The average Bonchev–Trinajstić information content (AvgIpc) is 2.54. The number of rotatable bonds is 2. The number of hydrogen-bond donors (Lipinski definition) is 0. The second-order valence-electron chi connectivity index (χ2n) is 5.79. The summed E-state index contributed by atoms with van der Waals surface area (Å²) in [6.45, 7) is 7.22. The van der Waals surface area contributed by atoms with Crippen molar-refractivity contribution in [2.75, 3.05) is 19.7 Å². The lowest BCUT2D eigenvalue weighted by atomic mass is 10.1. The number of aryl methyl sites for hydroxylation is 3. The Hall–Kier alpha value is -2.34. The maximum atomic E-state index is 12.7. The number of hydrogen-bond acceptors (Lipinski definition) is 5. The molecule has 3 heterocycles. The van der Waals surface area contributed by atoms with E-state index in [4.69, 9.17) is 4.74 Å². The van der Waals surface area contributed by atoms with Gasteiger partial charge in [-0.3, -0.25) is 9.78 Å². The smallest absolute Gasteiger partial charge is 0.272 e. The minimum absolute atomic E-state index is 0.0687. The number of pyridine rings is 1. The number of carbonyl (C=O) groups is 1. The van der Waals surface area contributed by atoms with Crippen LogP contribution in [0.25, 0.3) is 0 Å². The van der Waals surface area contributed by atoms with E-state index >= 15 is 0 Å². The van der Waals surface area contributed by atoms with Gasteiger partial charge in [0.2, 0.25) is 0 Å². The van der Waals surface area contributed by atoms with Crippen LogP contribution in [0.2, 0.25) is 0 Å². The highest BCUT2D eigenvalue weighted by molar-refractivity contribution is 5.93. The summed E-state index contributed by atoms with van der Waals surface area (Å²) in [4.78, 5) is 27.6. The van der Waals surface area contributed by atoms with E-state index < -0.39 is 0 Å². The normalized spacial score (nSPS) is 18.0. The van der Waals surface area contributed by atoms with Gasteiger partial charge in [0.25, 0.3) is 5.91 Å². The summed E-state index contributed by atoms with van der Waals surface area (Å²) in [5, 5.41) is 0. The summed E-state index contributed by atoms with van der Waals surface area (Å²) in [5.41, 5.74) is 3.18. The molecule has 120 valence electrons. The molecule has 0 aromatic carbocycles. The second-order valence-corrected chi connectivity index (χ2v) is 5.79. The van der Waals surface area contributed by atoms with Crippen LogP contribution in [0.5, 0.6) is 0 Å². The summed E-state index contributed by atoms with van der Waals surface area (Å²) in [6, 6.07) is 5.65. The predicted molar refractivity (Wildman–Crippen MR) is 85.1 cm³/mol. The third kappa shape index (κ3) is 3.37. The summed E-state index contributed by atoms with van der Waals surface area (Å²) < 4.78 is 5.78. The summed E-state index contributed by atoms with van der Waals surface area (Å²) >= 11 is 0. The number of nitrogens with zero attached hydrogens (tertiary/aromatic N) is 4. The second kappa shape index (κ2) is 6.42. The highest BCUT2D eigenvalue weighted by Gasteiger charge is 2.29. The number of carbonyl (C=O) groups excluding carboxylic acids is 1. The molecule has 0 bridgehead atoms. The van der Waals surface area contributed by atoms with E-state index in [9.17, 15) is 4.79 Å². The van der Waals surface area contributed by atoms with E-state index in [0.29, 0.717) is 31.2 Å². The van der Waals surface area contributed by atoms with Crippen molar-refractivity contribution >= 4 is 5.91 Å². The Morgan fingerprint density at radius 3 is 2.70 bits per heavy atom. The highest BCUT2D eigenvalue weighted by atomic mass is 16.5. The summed E-state index contributed by atoms with van der Waals surface area (Å²) in [7, 11) is 0. The fourth-order valence-electron chi connectivity index (χ4n) is 2.75. The van der Waals surface area contributed by atoms with Crippen LogP contribution in [0.3, 0.4) is 0 Å². The largest absolute Gasteiger partial charge is 0.367 e. The van der Waals surface area contributed by atoms with Gasteiger partial charge in [-0.1, -0.05) is 6.07 Å². The molecule has 6 nitrogen and oxygen atoms in total. The van der Waals surface area contributed by atoms with Crippen LogP contribution < -0.4 is 0 Å². The first-order valence-electron chi connectivity index (χ1n) is 7.69. The average molecular weight is 312 g/mol. The van der Waals surface area contributed by atoms with Gasteiger partial charge in [-0.15, -0.1) is 0 Å². The molecule has 1 fully saturated rings. The van der Waals surface area contributed by atoms with E-state index in [1.807, 2.05) is 39.0 Å². The van der Waals surface area contributed by atoms with E-state index in [1.165, 1.54) is 0 Å². The van der Waals surface area contributed by atoms with Gasteiger partial charge in [-0.25, -0.2) is 9.97 Å². The lowest BCUT2D eigenvalue weighted by molar-refractivity contribution is -0.0271. The Labute approximate surface area is 135 Å². The van der Waals surface area contributed by atoms with Crippen LogP contribution in [0.1, 0.15) is 39.4 Å². The third-order valence-electron chi connectivity index (χ3n) is 3.85. The highest BCUT2D eigenvalue weighted by Crippen LogP contribution is 2.21. The van der Waals surface area contributed by atoms with Crippen molar-refractivity contribution in [3.8, 4) is 0 Å². The first-order chi connectivity index (χ1) is 11.0. The van der Waals surface area contributed by atoms with Crippen molar-refractivity contribution < 1.29 is 9.53 Å². The molecule has 0 aliphatic carbocycles. The minimum atomic E-state index is -0.296. The van der Waals surface area contributed by atoms with Gasteiger partial charge >= 0.3 is 0 Å². The lowest BCUT2D eigenvalue weighted by Gasteiger charge is -2.32. The molecule has 0 radical (unpaired) electrons. The van der Waals surface area contributed by atoms with Crippen molar-refractivity contribution in [3.63, 3.8) is 0 Å². The van der Waals surface area contributed by atoms with Gasteiger partial charge in [0.15, 0.2) is 5.82 Å². The Bertz CT molecular complexity index is 712. The zero-order chi connectivity index (χ0) is 16.4. The zero-order valence-electron chi connectivity index (χ0n) is 13.6. The van der Waals surface area contributed by atoms with Crippen molar-refractivity contribution in [2.24, 2.45) is 0 Å². The van der Waals surface area contributed by atoms with E-state index in [1.54, 1.807) is 11.1 Å². The molecule has 1 saturated heterocycles. The molecular weight excluding hydrogens is 292 g/mol. The number of ether oxygens (including phenoxy) is 1. The van der Waals surface area contributed by atoms with Crippen LogP contribution >= 0.6 is 0 Å². The van der Waals surface area contributed by atoms with Crippen LogP contribution in [0, 0.1) is 20.8 Å². The lowest BCUT2D eigenvalue weighted by Crippen LogP contribution is -2.43. The molecule has 1 atom stereocenters. The molecule has 1 aliphatic rings. The van der Waals surface area contributed by atoms with Gasteiger partial charge in [0.1, 0.15) is 11.8 Å². The van der Waals surface area contributed by atoms with Crippen LogP contribution in [-0.2, 0) is 4.74 Å². The molecule has 0 saturated carbocycles. The van der Waals surface area contributed by atoms with Crippen LogP contribution in [-0.4, -0.2) is 45.5 Å². The topological polar surface area (TPSA) is 68.2 Å². The molecule has 6 heteroatoms. The Balaban J connectivity index is 1.81. The molecular formula is C17H20N4O2. The third-order valence-corrected chi connectivity index (χ3v) is 3.85. The van der Waals surface area contributed by atoms with Crippen LogP contribution in [0.15, 0.2) is 24.4 Å². The van der Waals surface area contributed by atoms with Crippen LogP contribution in [0.4, 0.5) is 0 Å². The molecule has 2 aromatic heterocycles. The molecule has 0 spiro atoms. The SMILES string of the molecule is Cc1cc(C)nc([C@H]2CN(C(=O)c3ncccc3C)CCO2)n1. The fraction of sp³-hybridized carbons (Fsp3) is 0.412. The Morgan fingerprint density at radius 1 is 1.26 bits per heavy atom. The molecule has 2 aromatic rings. The van der Waals surface area contributed by atoms with E-state index in [2.05, 4.69) is 15.0 Å². The van der Waals surface area contributed by atoms with Gasteiger partial charge < -0.3 is 9.64 Å². The van der Waals surface area contributed by atoms with Crippen molar-refractivity contribution in [2.45, 2.75) is 26.9 Å². The summed E-state index contributed by atoms with van der Waals surface area (Å²) in [5.74, 6) is 0.568. The molecule has 23 heavy (non-hydrogen) atoms. The number of morpholine rings is 1. The van der Waals surface area contributed by atoms with Crippen molar-refractivity contribution in [3.05, 3.63) is 52.9 Å². The molecule has 3 rings (SSSR count). The van der Waals surface area contributed by atoms with Gasteiger partial charge in [0.05, 0.1) is 13.2 Å². The molecule has 1 aliphatic heterocycles. The van der Waals surface area contributed by atoms with E-state index in [-0.39, 0.29) is 12.0 Å². The van der Waals surface area contributed by atoms with Gasteiger partial charge in [0, 0.05) is 24.1 Å². The molecule has 0 unspecified atom stereocenters. The standard InChI is InChI=1S/C17H20N4O2/c1-11-5-4-6-18-15(11)17(22)21-7-8-23-14(10-21)16-19-12(2)9-13(3)20-16/h4-6,9,14H,7-8,10H2,1-3H3/t14-/m1/s1. The van der Waals surface area contributed by atoms with E-state index in [0.717, 1.165) is 17.0 Å². The quantitative estimate of drug-likeness (QED) is 0.848. The maximum Gasteiger partial charge on any atom is 0.272 e. The monoisotopic (exact) mass is 312 g/mol. The molecule has 1 amide bonds. The summed E-state index contributed by atoms with van der Waals surface area (Å²) in [6.07, 6.45) is 1.35. The predicted octanol–water partition coefficient (Wildman–Crippen LogP) is 2.01. The number of amides is 1. The van der Waals surface area contributed by atoms with Crippen molar-refractivity contribution in [1.82, 2.24) is 19.9 Å². The maximum absolute atomic E-state index is 12.7. The van der Waals surface area contributed by atoms with Gasteiger partial charge in [-0.05, 0) is 38.5 Å². The zero-order valence-corrected chi connectivity index (χ0v) is 13.6. The minimum Gasteiger partial charge on any atom is -0.367 e. The molecule has 0 N–H and O–H groups in total.